The fraction of sp³-hybridized carbons (Fsp3) is 0.565. The molecule has 0 spiro atoms. The Bertz CT molecular complexity index is 663. The summed E-state index contributed by atoms with van der Waals surface area (Å²) in [6.07, 6.45) is 13.7. The van der Waals surface area contributed by atoms with E-state index in [1.807, 2.05) is 6.08 Å². The molecule has 2 aliphatic carbocycles. The van der Waals surface area contributed by atoms with Crippen molar-refractivity contribution in [2.75, 3.05) is 13.2 Å². The Kier molecular flexibility index (Phi) is 6.92. The van der Waals surface area contributed by atoms with Gasteiger partial charge in [0.25, 0.3) is 0 Å². The molecule has 148 valence electrons. The average Bonchev–Trinajstić information content (AvgIpc) is 2.71. The van der Waals surface area contributed by atoms with Gasteiger partial charge >= 0.3 is 0 Å². The average molecular weight is 376 g/mol. The first-order valence-electron chi connectivity index (χ1n) is 10.2. The highest BCUT2D eigenvalue weighted by atomic mass is 19.2. The van der Waals surface area contributed by atoms with E-state index in [9.17, 15) is 8.78 Å². The van der Waals surface area contributed by atoms with Gasteiger partial charge in [0, 0.05) is 0 Å². The summed E-state index contributed by atoms with van der Waals surface area (Å²) in [6.45, 7) is 6.35. The molecule has 2 unspecified atom stereocenters. The number of halogens is 2. The van der Waals surface area contributed by atoms with Crippen LogP contribution >= 0.6 is 0 Å². The van der Waals surface area contributed by atoms with Crippen LogP contribution in [0.1, 0.15) is 45.4 Å². The molecule has 0 amide bonds. The van der Waals surface area contributed by atoms with Gasteiger partial charge in [0.15, 0.2) is 11.5 Å². The minimum absolute atomic E-state index is 0.0243. The van der Waals surface area contributed by atoms with Crippen LogP contribution in [0.25, 0.3) is 0 Å². The topological polar surface area (TPSA) is 18.5 Å². The molecule has 0 bridgehead atoms. The van der Waals surface area contributed by atoms with Crippen molar-refractivity contribution in [2.24, 2.45) is 23.7 Å². The number of hydrogen-bond donors (Lipinski definition) is 0. The molecule has 4 heteroatoms. The fourth-order valence-electron chi connectivity index (χ4n) is 4.34. The van der Waals surface area contributed by atoms with Gasteiger partial charge in [0.05, 0.1) is 13.2 Å². The zero-order chi connectivity index (χ0) is 19.2. The van der Waals surface area contributed by atoms with Crippen LogP contribution in [0.15, 0.2) is 36.9 Å². The van der Waals surface area contributed by atoms with Crippen molar-refractivity contribution in [1.29, 1.82) is 0 Å². The van der Waals surface area contributed by atoms with Crippen LogP contribution in [0, 0.1) is 35.3 Å². The summed E-state index contributed by atoms with van der Waals surface area (Å²) in [7, 11) is 0. The molecular formula is C23H30F2O2. The Morgan fingerprint density at radius 3 is 2.19 bits per heavy atom. The van der Waals surface area contributed by atoms with Crippen LogP contribution in [0.3, 0.4) is 0 Å². The molecule has 27 heavy (non-hydrogen) atoms. The number of hydrogen-bond acceptors (Lipinski definition) is 2. The maximum Gasteiger partial charge on any atom is 0.204 e. The minimum atomic E-state index is -0.972. The van der Waals surface area contributed by atoms with E-state index in [4.69, 9.17) is 9.47 Å². The van der Waals surface area contributed by atoms with Crippen LogP contribution in [-0.2, 0) is 0 Å². The van der Waals surface area contributed by atoms with E-state index >= 15 is 0 Å². The zero-order valence-corrected chi connectivity index (χ0v) is 16.1. The number of rotatable bonds is 7. The Labute approximate surface area is 161 Å². The molecule has 0 N–H and O–H groups in total. The second kappa shape index (κ2) is 9.38. The summed E-state index contributed by atoms with van der Waals surface area (Å²) in [4.78, 5) is 0. The third kappa shape index (κ3) is 4.91. The largest absolute Gasteiger partial charge is 0.491 e. The van der Waals surface area contributed by atoms with E-state index in [1.165, 1.54) is 37.8 Å². The van der Waals surface area contributed by atoms with Gasteiger partial charge in [-0.3, -0.25) is 0 Å². The molecule has 0 saturated heterocycles. The Morgan fingerprint density at radius 2 is 1.63 bits per heavy atom. The lowest BCUT2D eigenvalue weighted by Gasteiger charge is -2.34. The fourth-order valence-corrected chi connectivity index (χ4v) is 4.34. The first-order chi connectivity index (χ1) is 13.1. The van der Waals surface area contributed by atoms with Gasteiger partial charge < -0.3 is 9.47 Å². The molecule has 1 aromatic carbocycles. The van der Waals surface area contributed by atoms with Crippen LogP contribution in [0.4, 0.5) is 8.78 Å². The highest BCUT2D eigenvalue weighted by molar-refractivity contribution is 5.35. The second-order valence-corrected chi connectivity index (χ2v) is 7.74. The smallest absolute Gasteiger partial charge is 0.204 e. The minimum Gasteiger partial charge on any atom is -0.491 e. The van der Waals surface area contributed by atoms with Crippen LogP contribution in [0.2, 0.25) is 0 Å². The highest BCUT2D eigenvalue weighted by Crippen LogP contribution is 2.39. The molecule has 0 heterocycles. The summed E-state index contributed by atoms with van der Waals surface area (Å²) >= 11 is 0. The monoisotopic (exact) mass is 376 g/mol. The Hall–Kier alpha value is -1.84. The molecule has 2 aliphatic rings. The normalized spacial score (nSPS) is 28.0. The van der Waals surface area contributed by atoms with Crippen molar-refractivity contribution in [1.82, 2.24) is 0 Å². The first-order valence-corrected chi connectivity index (χ1v) is 10.2. The molecule has 2 nitrogen and oxygen atoms in total. The number of ether oxygens (including phenoxy) is 2. The lowest BCUT2D eigenvalue weighted by atomic mass is 9.72. The van der Waals surface area contributed by atoms with Gasteiger partial charge in [-0.05, 0) is 81.3 Å². The SMILES string of the molecule is C=CC1C=CC(C2CCC(COc3ccc(OCC)c(F)c3F)CC2)CC1. The standard InChI is InChI=1S/C23H30F2O2/c1-3-16-5-9-18(10-6-16)19-11-7-17(8-12-19)15-27-21-14-13-20(26-4-2)22(24)23(21)25/h3,5,9,13-14,16-19H,1,4,6-8,10-12,15H2,2H3. The van der Waals surface area contributed by atoms with E-state index in [-0.39, 0.29) is 11.5 Å². The van der Waals surface area contributed by atoms with Crippen molar-refractivity contribution in [2.45, 2.75) is 45.4 Å². The zero-order valence-electron chi connectivity index (χ0n) is 16.1. The molecule has 2 atom stereocenters. The predicted molar refractivity (Wildman–Crippen MR) is 104 cm³/mol. The lowest BCUT2D eigenvalue weighted by Crippen LogP contribution is -2.25. The first kappa shape index (κ1) is 19.9. The third-order valence-electron chi connectivity index (χ3n) is 6.02. The second-order valence-electron chi connectivity index (χ2n) is 7.74. The van der Waals surface area contributed by atoms with Crippen molar-refractivity contribution in [3.05, 3.63) is 48.6 Å². The van der Waals surface area contributed by atoms with Crippen molar-refractivity contribution >= 4 is 0 Å². The molecule has 0 aromatic heterocycles. The van der Waals surface area contributed by atoms with E-state index < -0.39 is 11.6 Å². The van der Waals surface area contributed by atoms with Crippen LogP contribution < -0.4 is 9.47 Å². The Balaban J connectivity index is 1.47. The molecule has 1 saturated carbocycles. The summed E-state index contributed by atoms with van der Waals surface area (Å²) in [5.74, 6) is 0.340. The number of benzene rings is 1. The predicted octanol–water partition coefficient (Wildman–Crippen LogP) is 6.32. The summed E-state index contributed by atoms with van der Waals surface area (Å²) < 4.78 is 38.7. The molecule has 1 aromatic rings. The quantitative estimate of drug-likeness (QED) is 0.519. The van der Waals surface area contributed by atoms with Gasteiger partial charge in [-0.15, -0.1) is 6.58 Å². The molecule has 1 fully saturated rings. The van der Waals surface area contributed by atoms with Gasteiger partial charge in [-0.1, -0.05) is 18.2 Å². The summed E-state index contributed by atoms with van der Waals surface area (Å²) in [5.41, 5.74) is 0. The Morgan fingerprint density at radius 1 is 0.963 bits per heavy atom. The van der Waals surface area contributed by atoms with Gasteiger partial charge in [-0.25, -0.2) is 0 Å². The van der Waals surface area contributed by atoms with Gasteiger partial charge in [-0.2, -0.15) is 8.78 Å². The maximum atomic E-state index is 14.1. The molecular weight excluding hydrogens is 346 g/mol. The van der Waals surface area contributed by atoms with Crippen molar-refractivity contribution in [3.8, 4) is 11.5 Å². The highest BCUT2D eigenvalue weighted by Gasteiger charge is 2.28. The summed E-state index contributed by atoms with van der Waals surface area (Å²) in [5, 5.41) is 0. The van der Waals surface area contributed by atoms with Crippen LogP contribution in [0.5, 0.6) is 11.5 Å². The van der Waals surface area contributed by atoms with E-state index in [1.54, 1.807) is 6.92 Å². The summed E-state index contributed by atoms with van der Waals surface area (Å²) in [6, 6.07) is 2.89. The third-order valence-corrected chi connectivity index (χ3v) is 6.02. The number of allylic oxidation sites excluding steroid dienone is 3. The van der Waals surface area contributed by atoms with E-state index in [0.29, 0.717) is 31.0 Å². The molecule has 3 rings (SSSR count). The molecule has 0 aliphatic heterocycles. The van der Waals surface area contributed by atoms with Gasteiger partial charge in [0.1, 0.15) is 0 Å². The molecule has 0 radical (unpaired) electrons. The van der Waals surface area contributed by atoms with E-state index in [2.05, 4.69) is 18.7 Å². The van der Waals surface area contributed by atoms with Crippen molar-refractivity contribution in [3.63, 3.8) is 0 Å². The van der Waals surface area contributed by atoms with Crippen LogP contribution in [-0.4, -0.2) is 13.2 Å². The van der Waals surface area contributed by atoms with Gasteiger partial charge in [0.2, 0.25) is 11.6 Å². The van der Waals surface area contributed by atoms with Crippen molar-refractivity contribution < 1.29 is 18.3 Å². The van der Waals surface area contributed by atoms with E-state index in [0.717, 1.165) is 18.8 Å². The maximum absolute atomic E-state index is 14.1. The lowest BCUT2D eigenvalue weighted by molar-refractivity contribution is 0.156.